The van der Waals surface area contributed by atoms with Gasteiger partial charge in [0.15, 0.2) is 15.6 Å². The first-order chi connectivity index (χ1) is 8.88. The van der Waals surface area contributed by atoms with E-state index in [1.165, 1.54) is 14.0 Å². The number of hydrogen-bond acceptors (Lipinski definition) is 5. The highest BCUT2D eigenvalue weighted by atomic mass is 32.2. The Morgan fingerprint density at radius 1 is 1.21 bits per heavy atom. The summed E-state index contributed by atoms with van der Waals surface area (Å²) in [5.41, 5.74) is 0.344. The summed E-state index contributed by atoms with van der Waals surface area (Å²) in [4.78, 5) is 23.0. The second kappa shape index (κ2) is 6.47. The van der Waals surface area contributed by atoms with E-state index in [1.807, 2.05) is 0 Å². The summed E-state index contributed by atoms with van der Waals surface area (Å²) in [6.07, 6.45) is -0.245. The van der Waals surface area contributed by atoms with E-state index in [1.54, 1.807) is 30.3 Å². The number of ether oxygens (including phenoxy) is 1. The standard InChI is InChI=1S/C13H16O5S/c1-10(13(15)11-6-4-3-5-7-11)19(16,17)9-8-12(14)18-2/h3-7,10H,8-9H2,1-2H3. The SMILES string of the molecule is COC(=O)CCS(=O)(=O)C(C)C(=O)c1ccccc1. The molecule has 0 amide bonds. The van der Waals surface area contributed by atoms with Gasteiger partial charge in [0.1, 0.15) is 5.25 Å². The largest absolute Gasteiger partial charge is 0.469 e. The van der Waals surface area contributed by atoms with Crippen LogP contribution >= 0.6 is 0 Å². The van der Waals surface area contributed by atoms with Crippen LogP contribution in [0.25, 0.3) is 0 Å². The first kappa shape index (κ1) is 15.4. The summed E-state index contributed by atoms with van der Waals surface area (Å²) >= 11 is 0. The number of methoxy groups -OCH3 is 1. The molecule has 1 rings (SSSR count). The topological polar surface area (TPSA) is 77.5 Å². The van der Waals surface area contributed by atoms with Crippen molar-refractivity contribution in [2.75, 3.05) is 12.9 Å². The highest BCUT2D eigenvalue weighted by Gasteiger charge is 2.29. The molecule has 1 aromatic carbocycles. The van der Waals surface area contributed by atoms with E-state index in [-0.39, 0.29) is 12.2 Å². The summed E-state index contributed by atoms with van der Waals surface area (Å²) in [6.45, 7) is 1.34. The Labute approximate surface area is 112 Å². The predicted molar refractivity (Wildman–Crippen MR) is 70.7 cm³/mol. The molecule has 5 nitrogen and oxygen atoms in total. The van der Waals surface area contributed by atoms with Crippen LogP contribution in [0, 0.1) is 0 Å². The highest BCUT2D eigenvalue weighted by Crippen LogP contribution is 2.12. The van der Waals surface area contributed by atoms with Gasteiger partial charge in [0.05, 0.1) is 19.3 Å². The lowest BCUT2D eigenvalue weighted by Gasteiger charge is -2.11. The third kappa shape index (κ3) is 4.17. The van der Waals surface area contributed by atoms with E-state index in [9.17, 15) is 18.0 Å². The lowest BCUT2D eigenvalue weighted by atomic mass is 10.1. The van der Waals surface area contributed by atoms with Gasteiger partial charge in [-0.25, -0.2) is 8.42 Å². The molecule has 0 aliphatic carbocycles. The molecule has 0 saturated carbocycles. The quantitative estimate of drug-likeness (QED) is 0.580. The molecular weight excluding hydrogens is 268 g/mol. The van der Waals surface area contributed by atoms with Gasteiger partial charge in [-0.3, -0.25) is 9.59 Å². The van der Waals surface area contributed by atoms with Gasteiger partial charge in [-0.2, -0.15) is 0 Å². The molecule has 19 heavy (non-hydrogen) atoms. The van der Waals surface area contributed by atoms with Crippen molar-refractivity contribution in [2.45, 2.75) is 18.6 Å². The van der Waals surface area contributed by atoms with Crippen LogP contribution in [0.1, 0.15) is 23.7 Å². The maximum absolute atomic E-state index is 12.0. The van der Waals surface area contributed by atoms with Crippen molar-refractivity contribution in [3.8, 4) is 0 Å². The highest BCUT2D eigenvalue weighted by molar-refractivity contribution is 7.92. The lowest BCUT2D eigenvalue weighted by Crippen LogP contribution is -2.30. The molecule has 0 aromatic heterocycles. The molecule has 0 N–H and O–H groups in total. The molecule has 0 aliphatic rings. The Bertz CT molecular complexity index is 548. The summed E-state index contributed by atoms with van der Waals surface area (Å²) in [5.74, 6) is -1.47. The van der Waals surface area contributed by atoms with Crippen LogP contribution in [0.15, 0.2) is 30.3 Å². The van der Waals surface area contributed by atoms with Crippen LogP contribution in [-0.2, 0) is 19.4 Å². The first-order valence-corrected chi connectivity index (χ1v) is 7.47. The predicted octanol–water partition coefficient (Wildman–Crippen LogP) is 1.24. The van der Waals surface area contributed by atoms with Crippen LogP contribution in [0.3, 0.4) is 0 Å². The fraction of sp³-hybridized carbons (Fsp3) is 0.385. The van der Waals surface area contributed by atoms with Crippen molar-refractivity contribution in [1.29, 1.82) is 0 Å². The van der Waals surface area contributed by atoms with Gasteiger partial charge in [-0.1, -0.05) is 30.3 Å². The van der Waals surface area contributed by atoms with Crippen molar-refractivity contribution < 1.29 is 22.7 Å². The Hall–Kier alpha value is -1.69. The van der Waals surface area contributed by atoms with Gasteiger partial charge in [-0.05, 0) is 6.92 Å². The molecule has 0 spiro atoms. The summed E-state index contributed by atoms with van der Waals surface area (Å²) < 4.78 is 28.3. The van der Waals surface area contributed by atoms with Crippen LogP contribution in [0.5, 0.6) is 0 Å². The molecule has 0 heterocycles. The van der Waals surface area contributed by atoms with Gasteiger partial charge >= 0.3 is 5.97 Å². The minimum absolute atomic E-state index is 0.245. The van der Waals surface area contributed by atoms with Crippen molar-refractivity contribution in [3.05, 3.63) is 35.9 Å². The maximum atomic E-state index is 12.0. The van der Waals surface area contributed by atoms with E-state index in [2.05, 4.69) is 4.74 Å². The summed E-state index contributed by atoms with van der Waals surface area (Å²) in [7, 11) is -2.48. The third-order valence-corrected chi connectivity index (χ3v) is 4.85. The Morgan fingerprint density at radius 2 is 1.79 bits per heavy atom. The van der Waals surface area contributed by atoms with Crippen LogP contribution < -0.4 is 0 Å². The molecular formula is C13H16O5S. The number of benzene rings is 1. The first-order valence-electron chi connectivity index (χ1n) is 5.76. The summed E-state index contributed by atoms with van der Waals surface area (Å²) in [5, 5.41) is -1.17. The molecule has 0 bridgehead atoms. The van der Waals surface area contributed by atoms with E-state index < -0.39 is 26.8 Å². The van der Waals surface area contributed by atoms with Crippen LogP contribution in [0.4, 0.5) is 0 Å². The molecule has 0 fully saturated rings. The van der Waals surface area contributed by atoms with Crippen molar-refractivity contribution in [3.63, 3.8) is 0 Å². The lowest BCUT2D eigenvalue weighted by molar-refractivity contribution is -0.140. The van der Waals surface area contributed by atoms with Crippen LogP contribution in [-0.4, -0.2) is 38.3 Å². The maximum Gasteiger partial charge on any atom is 0.306 e. The van der Waals surface area contributed by atoms with E-state index in [4.69, 9.17) is 0 Å². The zero-order chi connectivity index (χ0) is 14.5. The molecule has 6 heteroatoms. The molecule has 1 atom stereocenters. The van der Waals surface area contributed by atoms with E-state index in [0.717, 1.165) is 0 Å². The third-order valence-electron chi connectivity index (χ3n) is 2.78. The number of carbonyl (C=O) groups is 2. The Morgan fingerprint density at radius 3 is 2.32 bits per heavy atom. The number of esters is 1. The zero-order valence-electron chi connectivity index (χ0n) is 10.8. The average molecular weight is 284 g/mol. The van der Waals surface area contributed by atoms with Crippen LogP contribution in [0.2, 0.25) is 0 Å². The van der Waals surface area contributed by atoms with E-state index in [0.29, 0.717) is 5.56 Å². The molecule has 0 radical (unpaired) electrons. The van der Waals surface area contributed by atoms with Gasteiger partial charge in [0.2, 0.25) is 0 Å². The zero-order valence-corrected chi connectivity index (χ0v) is 11.6. The molecule has 0 saturated heterocycles. The smallest absolute Gasteiger partial charge is 0.306 e. The number of carbonyl (C=O) groups excluding carboxylic acids is 2. The fourth-order valence-electron chi connectivity index (χ4n) is 1.50. The Kier molecular flexibility index (Phi) is 5.23. The number of hydrogen-bond donors (Lipinski definition) is 0. The normalized spacial score (nSPS) is 12.7. The van der Waals surface area contributed by atoms with Gasteiger partial charge in [0, 0.05) is 5.56 Å². The van der Waals surface area contributed by atoms with Gasteiger partial charge in [0.25, 0.3) is 0 Å². The molecule has 1 unspecified atom stereocenters. The van der Waals surface area contributed by atoms with E-state index >= 15 is 0 Å². The number of sulfone groups is 1. The van der Waals surface area contributed by atoms with Gasteiger partial charge < -0.3 is 4.74 Å². The van der Waals surface area contributed by atoms with Gasteiger partial charge in [-0.15, -0.1) is 0 Å². The van der Waals surface area contributed by atoms with Crippen molar-refractivity contribution in [1.82, 2.24) is 0 Å². The Balaban J connectivity index is 2.79. The monoisotopic (exact) mass is 284 g/mol. The molecule has 1 aromatic rings. The number of Topliss-reactive ketones (excluding diaryl/α,β-unsaturated/α-hetero) is 1. The summed E-state index contributed by atoms with van der Waals surface area (Å²) in [6, 6.07) is 8.21. The van der Waals surface area contributed by atoms with Crippen molar-refractivity contribution >= 4 is 21.6 Å². The number of ketones is 1. The molecule has 104 valence electrons. The molecule has 0 aliphatic heterocycles. The average Bonchev–Trinajstić information content (AvgIpc) is 2.44. The second-order valence-electron chi connectivity index (χ2n) is 4.07. The van der Waals surface area contributed by atoms with Crippen molar-refractivity contribution in [2.24, 2.45) is 0 Å². The fourth-order valence-corrected chi connectivity index (χ4v) is 2.77. The minimum Gasteiger partial charge on any atom is -0.469 e. The minimum atomic E-state index is -3.66. The number of rotatable bonds is 6. The second-order valence-corrected chi connectivity index (χ2v) is 6.51.